The number of nitrogens with zero attached hydrogens (tertiary/aromatic N) is 1. The van der Waals surface area contributed by atoms with Crippen molar-refractivity contribution < 1.29 is 22.7 Å². The molecule has 0 bridgehead atoms. The Hall–Kier alpha value is -3.59. The Morgan fingerprint density at radius 3 is 2.39 bits per heavy atom. The molecule has 0 radical (unpaired) electrons. The van der Waals surface area contributed by atoms with E-state index in [0.29, 0.717) is 29.3 Å². The van der Waals surface area contributed by atoms with Gasteiger partial charge in [-0.15, -0.1) is 0 Å². The van der Waals surface area contributed by atoms with Crippen LogP contribution in [0.3, 0.4) is 0 Å². The van der Waals surface area contributed by atoms with Gasteiger partial charge in [-0.25, -0.2) is 8.42 Å². The topological polar surface area (TPSA) is 107 Å². The summed E-state index contributed by atoms with van der Waals surface area (Å²) >= 11 is 0. The first-order valence-corrected chi connectivity index (χ1v) is 10.9. The second-order valence-corrected chi connectivity index (χ2v) is 8.36. The number of rotatable bonds is 9. The number of nitrogens with one attached hydrogen (secondary N) is 2. The van der Waals surface area contributed by atoms with Crippen molar-refractivity contribution in [3.63, 3.8) is 0 Å². The second-order valence-electron chi connectivity index (χ2n) is 6.68. The summed E-state index contributed by atoms with van der Waals surface area (Å²) in [5, 5.41) is 2.75. The van der Waals surface area contributed by atoms with Crippen LogP contribution in [0.4, 0.5) is 5.69 Å². The summed E-state index contributed by atoms with van der Waals surface area (Å²) in [6.45, 7) is 1.91. The minimum atomic E-state index is -3.77. The molecular formula is C22H23N3O5S. The van der Waals surface area contributed by atoms with Crippen LogP contribution >= 0.6 is 0 Å². The predicted molar refractivity (Wildman–Crippen MR) is 117 cm³/mol. The van der Waals surface area contributed by atoms with Crippen molar-refractivity contribution in [2.75, 3.05) is 18.4 Å². The van der Waals surface area contributed by atoms with Crippen LogP contribution in [-0.2, 0) is 21.4 Å². The van der Waals surface area contributed by atoms with Crippen LogP contribution in [0.25, 0.3) is 0 Å². The lowest BCUT2D eigenvalue weighted by atomic mass is 10.2. The Bertz CT molecular complexity index is 1130. The van der Waals surface area contributed by atoms with E-state index in [4.69, 9.17) is 9.47 Å². The molecule has 0 aliphatic carbocycles. The van der Waals surface area contributed by atoms with Gasteiger partial charge in [-0.1, -0.05) is 0 Å². The van der Waals surface area contributed by atoms with Crippen molar-refractivity contribution in [3.8, 4) is 11.5 Å². The van der Waals surface area contributed by atoms with Crippen molar-refractivity contribution >= 4 is 21.6 Å². The van der Waals surface area contributed by atoms with E-state index in [0.717, 1.165) is 5.56 Å². The SMILES string of the molecule is COc1ccc(NS(=O)(=O)c2ccc(OCC(=O)NCc3ccncc3)c(C)c2)cc1. The lowest BCUT2D eigenvalue weighted by Gasteiger charge is -2.12. The third-order valence-electron chi connectivity index (χ3n) is 4.40. The van der Waals surface area contributed by atoms with E-state index < -0.39 is 10.0 Å². The van der Waals surface area contributed by atoms with E-state index in [1.54, 1.807) is 43.6 Å². The Labute approximate surface area is 181 Å². The maximum Gasteiger partial charge on any atom is 0.261 e. The summed E-state index contributed by atoms with van der Waals surface area (Å²) < 4.78 is 38.4. The van der Waals surface area contributed by atoms with Crippen molar-refractivity contribution in [3.05, 3.63) is 78.1 Å². The molecule has 2 N–H and O–H groups in total. The predicted octanol–water partition coefficient (Wildman–Crippen LogP) is 2.89. The zero-order valence-electron chi connectivity index (χ0n) is 17.2. The summed E-state index contributed by atoms with van der Waals surface area (Å²) in [5.74, 6) is 0.779. The van der Waals surface area contributed by atoms with Crippen molar-refractivity contribution in [2.45, 2.75) is 18.4 Å². The molecule has 162 valence electrons. The quantitative estimate of drug-likeness (QED) is 0.529. The number of methoxy groups -OCH3 is 1. The van der Waals surface area contributed by atoms with Crippen LogP contribution in [0, 0.1) is 6.92 Å². The average Bonchev–Trinajstić information content (AvgIpc) is 2.77. The van der Waals surface area contributed by atoms with Gasteiger partial charge in [-0.2, -0.15) is 0 Å². The van der Waals surface area contributed by atoms with Crippen LogP contribution in [-0.4, -0.2) is 33.0 Å². The van der Waals surface area contributed by atoms with Gasteiger partial charge in [0, 0.05) is 24.6 Å². The van der Waals surface area contributed by atoms with Gasteiger partial charge in [0.1, 0.15) is 11.5 Å². The molecule has 2 aromatic carbocycles. The van der Waals surface area contributed by atoms with E-state index in [1.165, 1.54) is 25.3 Å². The summed E-state index contributed by atoms with van der Waals surface area (Å²) in [6, 6.07) is 14.7. The van der Waals surface area contributed by atoms with Crippen LogP contribution in [0.1, 0.15) is 11.1 Å². The molecule has 0 aliphatic rings. The van der Waals surface area contributed by atoms with Crippen molar-refractivity contribution in [1.29, 1.82) is 0 Å². The molecule has 31 heavy (non-hydrogen) atoms. The molecule has 9 heteroatoms. The highest BCUT2D eigenvalue weighted by molar-refractivity contribution is 7.92. The number of pyridine rings is 1. The number of hydrogen-bond acceptors (Lipinski definition) is 6. The van der Waals surface area contributed by atoms with Gasteiger partial charge < -0.3 is 14.8 Å². The lowest BCUT2D eigenvalue weighted by Crippen LogP contribution is -2.28. The molecule has 0 spiro atoms. The third kappa shape index (κ3) is 6.19. The number of carbonyl (C=O) groups excluding carboxylic acids is 1. The Balaban J connectivity index is 1.58. The number of benzene rings is 2. The molecule has 0 unspecified atom stereocenters. The standard InChI is InChI=1S/C22H23N3O5S/c1-16-13-20(31(27,28)25-18-3-5-19(29-2)6-4-18)7-8-21(16)30-15-22(26)24-14-17-9-11-23-12-10-17/h3-13,25H,14-15H2,1-2H3,(H,24,26). The number of anilines is 1. The van der Waals surface area contributed by atoms with Crippen LogP contribution < -0.4 is 19.5 Å². The molecule has 8 nitrogen and oxygen atoms in total. The largest absolute Gasteiger partial charge is 0.497 e. The van der Waals surface area contributed by atoms with Crippen molar-refractivity contribution in [1.82, 2.24) is 10.3 Å². The molecule has 0 aliphatic heterocycles. The van der Waals surface area contributed by atoms with E-state index in [2.05, 4.69) is 15.0 Å². The highest BCUT2D eigenvalue weighted by Crippen LogP contribution is 2.24. The lowest BCUT2D eigenvalue weighted by molar-refractivity contribution is -0.123. The number of carbonyl (C=O) groups is 1. The summed E-state index contributed by atoms with van der Waals surface area (Å²) in [5.41, 5.74) is 1.95. The van der Waals surface area contributed by atoms with Gasteiger partial charge in [0.2, 0.25) is 0 Å². The monoisotopic (exact) mass is 441 g/mol. The van der Waals surface area contributed by atoms with E-state index in [1.807, 2.05) is 12.1 Å². The van der Waals surface area contributed by atoms with Crippen LogP contribution in [0.5, 0.6) is 11.5 Å². The smallest absolute Gasteiger partial charge is 0.261 e. The first-order valence-electron chi connectivity index (χ1n) is 9.43. The number of amides is 1. The first kappa shape index (κ1) is 22.1. The normalized spacial score (nSPS) is 10.9. The Kier molecular flexibility index (Phi) is 7.09. The van der Waals surface area contributed by atoms with Gasteiger partial charge in [0.25, 0.3) is 15.9 Å². The summed E-state index contributed by atoms with van der Waals surface area (Å²) in [6.07, 6.45) is 3.31. The minimum absolute atomic E-state index is 0.0929. The number of aromatic nitrogens is 1. The molecule has 3 aromatic rings. The maximum atomic E-state index is 12.7. The molecule has 0 saturated carbocycles. The van der Waals surface area contributed by atoms with E-state index in [9.17, 15) is 13.2 Å². The van der Waals surface area contributed by atoms with Crippen molar-refractivity contribution in [2.24, 2.45) is 0 Å². The van der Waals surface area contributed by atoms with E-state index >= 15 is 0 Å². The first-order chi connectivity index (χ1) is 14.9. The van der Waals surface area contributed by atoms with Crippen LogP contribution in [0.2, 0.25) is 0 Å². The highest BCUT2D eigenvalue weighted by atomic mass is 32.2. The molecule has 0 atom stereocenters. The highest BCUT2D eigenvalue weighted by Gasteiger charge is 2.16. The Morgan fingerprint density at radius 1 is 1.03 bits per heavy atom. The zero-order valence-corrected chi connectivity index (χ0v) is 18.0. The molecular weight excluding hydrogens is 418 g/mol. The average molecular weight is 442 g/mol. The van der Waals surface area contributed by atoms with Crippen LogP contribution in [0.15, 0.2) is 71.9 Å². The molecule has 0 fully saturated rings. The van der Waals surface area contributed by atoms with Gasteiger partial charge in [-0.05, 0) is 72.6 Å². The molecule has 1 aromatic heterocycles. The molecule has 1 amide bonds. The number of ether oxygens (including phenoxy) is 2. The third-order valence-corrected chi connectivity index (χ3v) is 5.78. The van der Waals surface area contributed by atoms with Gasteiger partial charge in [0.15, 0.2) is 6.61 Å². The van der Waals surface area contributed by atoms with Gasteiger partial charge >= 0.3 is 0 Å². The molecule has 0 saturated heterocycles. The maximum absolute atomic E-state index is 12.7. The zero-order chi connectivity index (χ0) is 22.3. The van der Waals surface area contributed by atoms with E-state index in [-0.39, 0.29) is 17.4 Å². The van der Waals surface area contributed by atoms with Gasteiger partial charge in [0.05, 0.1) is 12.0 Å². The number of hydrogen-bond donors (Lipinski definition) is 2. The fraction of sp³-hybridized carbons (Fsp3) is 0.182. The fourth-order valence-electron chi connectivity index (χ4n) is 2.72. The second kappa shape index (κ2) is 9.94. The number of aryl methyl sites for hydroxylation is 1. The summed E-state index contributed by atoms with van der Waals surface area (Å²) in [7, 11) is -2.24. The number of sulfonamides is 1. The molecule has 1 heterocycles. The summed E-state index contributed by atoms with van der Waals surface area (Å²) in [4.78, 5) is 16.0. The van der Waals surface area contributed by atoms with Gasteiger partial charge in [-0.3, -0.25) is 14.5 Å². The Morgan fingerprint density at radius 2 is 1.74 bits per heavy atom. The minimum Gasteiger partial charge on any atom is -0.497 e. The fourth-order valence-corrected chi connectivity index (χ4v) is 3.86. The molecule has 3 rings (SSSR count).